The number of carbonyl (C=O) groups is 1. The monoisotopic (exact) mass is 505 g/mol. The molecule has 0 radical (unpaired) electrons. The molecule has 3 aromatic carbocycles. The van der Waals surface area contributed by atoms with Crippen molar-refractivity contribution in [3.8, 4) is 11.4 Å². The van der Waals surface area contributed by atoms with Crippen LogP contribution < -0.4 is 9.64 Å². The molecule has 0 atom stereocenters. The minimum atomic E-state index is -0.336. The van der Waals surface area contributed by atoms with Crippen LogP contribution in [0.3, 0.4) is 0 Å². The van der Waals surface area contributed by atoms with Crippen molar-refractivity contribution in [2.24, 2.45) is 0 Å². The zero-order valence-electron chi connectivity index (χ0n) is 21.0. The van der Waals surface area contributed by atoms with Gasteiger partial charge >= 0.3 is 0 Å². The van der Waals surface area contributed by atoms with Crippen molar-refractivity contribution in [2.45, 2.75) is 5.92 Å². The van der Waals surface area contributed by atoms with Crippen molar-refractivity contribution in [3.63, 3.8) is 0 Å². The van der Waals surface area contributed by atoms with Crippen molar-refractivity contribution < 1.29 is 9.53 Å². The Morgan fingerprint density at radius 2 is 1.53 bits per heavy atom. The quantitative estimate of drug-likeness (QED) is 0.348. The molecule has 0 saturated carbocycles. The number of rotatable bonds is 6. The molecule has 1 amide bonds. The molecule has 5 aromatic rings. The average Bonchev–Trinajstić information content (AvgIpc) is 3.43. The summed E-state index contributed by atoms with van der Waals surface area (Å²) in [6.07, 6.45) is 1.54. The SMILES string of the molecule is COc1cccc(-n2nnc3c(N4CCN(C(=O)C(c5ccccc5)c5ccccc5)CC4)ncnc32)c1. The number of hydrogen-bond donors (Lipinski definition) is 0. The van der Waals surface area contributed by atoms with Gasteiger partial charge in [0.2, 0.25) is 5.91 Å². The molecular weight excluding hydrogens is 478 g/mol. The zero-order chi connectivity index (χ0) is 25.9. The molecule has 0 bridgehead atoms. The van der Waals surface area contributed by atoms with E-state index in [-0.39, 0.29) is 11.8 Å². The van der Waals surface area contributed by atoms with E-state index in [1.165, 1.54) is 6.33 Å². The van der Waals surface area contributed by atoms with Crippen molar-refractivity contribution >= 4 is 22.9 Å². The average molecular weight is 506 g/mol. The third kappa shape index (κ3) is 4.43. The van der Waals surface area contributed by atoms with Gasteiger partial charge in [-0.15, -0.1) is 5.10 Å². The summed E-state index contributed by atoms with van der Waals surface area (Å²) in [5, 5.41) is 8.76. The second-order valence-corrected chi connectivity index (χ2v) is 9.14. The third-order valence-corrected chi connectivity index (χ3v) is 6.92. The minimum absolute atomic E-state index is 0.110. The Morgan fingerprint density at radius 3 is 2.18 bits per heavy atom. The minimum Gasteiger partial charge on any atom is -0.497 e. The molecule has 38 heavy (non-hydrogen) atoms. The van der Waals surface area contributed by atoms with Crippen LogP contribution in [0.2, 0.25) is 0 Å². The van der Waals surface area contributed by atoms with Gasteiger partial charge in [0, 0.05) is 32.2 Å². The zero-order valence-corrected chi connectivity index (χ0v) is 21.0. The van der Waals surface area contributed by atoms with Gasteiger partial charge in [-0.25, -0.2) is 9.97 Å². The lowest BCUT2D eigenvalue weighted by molar-refractivity contribution is -0.132. The second-order valence-electron chi connectivity index (χ2n) is 9.14. The summed E-state index contributed by atoms with van der Waals surface area (Å²) in [7, 11) is 1.63. The molecular formula is C29H27N7O2. The molecule has 1 aliphatic rings. The number of carbonyl (C=O) groups excluding carboxylic acids is 1. The molecule has 1 fully saturated rings. The molecule has 6 rings (SSSR count). The number of hydrogen-bond acceptors (Lipinski definition) is 7. The highest BCUT2D eigenvalue weighted by molar-refractivity contribution is 5.88. The highest BCUT2D eigenvalue weighted by Crippen LogP contribution is 2.29. The smallest absolute Gasteiger partial charge is 0.234 e. The van der Waals surface area contributed by atoms with Crippen LogP contribution in [0.1, 0.15) is 17.0 Å². The predicted molar refractivity (Wildman–Crippen MR) is 145 cm³/mol. The lowest BCUT2D eigenvalue weighted by atomic mass is 9.90. The van der Waals surface area contributed by atoms with Crippen molar-refractivity contribution in [3.05, 3.63) is 102 Å². The Bertz CT molecular complexity index is 1510. The van der Waals surface area contributed by atoms with E-state index >= 15 is 0 Å². The van der Waals surface area contributed by atoms with Gasteiger partial charge < -0.3 is 14.5 Å². The third-order valence-electron chi connectivity index (χ3n) is 6.92. The van der Waals surface area contributed by atoms with Crippen LogP contribution in [0.4, 0.5) is 5.82 Å². The first-order valence-corrected chi connectivity index (χ1v) is 12.6. The fourth-order valence-electron chi connectivity index (χ4n) is 4.97. The van der Waals surface area contributed by atoms with E-state index < -0.39 is 0 Å². The van der Waals surface area contributed by atoms with Crippen molar-refractivity contribution in [1.82, 2.24) is 29.9 Å². The molecule has 190 valence electrons. The molecule has 3 heterocycles. The summed E-state index contributed by atoms with van der Waals surface area (Å²) in [6.45, 7) is 2.45. The second kappa shape index (κ2) is 10.3. The lowest BCUT2D eigenvalue weighted by Gasteiger charge is -2.37. The van der Waals surface area contributed by atoms with E-state index in [0.717, 1.165) is 28.4 Å². The number of benzene rings is 3. The summed E-state index contributed by atoms with van der Waals surface area (Å²) in [5.41, 5.74) is 4.05. The van der Waals surface area contributed by atoms with Gasteiger partial charge in [0.15, 0.2) is 17.0 Å². The topological polar surface area (TPSA) is 89.3 Å². The highest BCUT2D eigenvalue weighted by Gasteiger charge is 2.31. The van der Waals surface area contributed by atoms with Crippen LogP contribution in [0.5, 0.6) is 5.75 Å². The Labute approximate surface area is 220 Å². The Morgan fingerprint density at radius 1 is 0.842 bits per heavy atom. The van der Waals surface area contributed by atoms with E-state index in [4.69, 9.17) is 4.74 Å². The first-order chi connectivity index (χ1) is 18.7. The molecule has 0 unspecified atom stereocenters. The van der Waals surface area contributed by atoms with Crippen LogP contribution in [-0.2, 0) is 4.79 Å². The maximum atomic E-state index is 13.8. The molecule has 9 nitrogen and oxygen atoms in total. The first-order valence-electron chi connectivity index (χ1n) is 12.6. The van der Waals surface area contributed by atoms with Crippen LogP contribution in [0.25, 0.3) is 16.9 Å². The normalized spacial score (nSPS) is 13.7. The van der Waals surface area contributed by atoms with Crippen LogP contribution in [0.15, 0.2) is 91.3 Å². The van der Waals surface area contributed by atoms with E-state index in [1.54, 1.807) is 11.8 Å². The van der Waals surface area contributed by atoms with Crippen LogP contribution >= 0.6 is 0 Å². The highest BCUT2D eigenvalue weighted by atomic mass is 16.5. The molecule has 0 aliphatic carbocycles. The summed E-state index contributed by atoms with van der Waals surface area (Å²) in [6, 6.07) is 27.6. The molecule has 2 aromatic heterocycles. The summed E-state index contributed by atoms with van der Waals surface area (Å²) >= 11 is 0. The van der Waals surface area contributed by atoms with Crippen molar-refractivity contribution in [1.29, 1.82) is 0 Å². The van der Waals surface area contributed by atoms with E-state index in [2.05, 4.69) is 25.2 Å². The van der Waals surface area contributed by atoms with Gasteiger partial charge in [0.05, 0.1) is 18.7 Å². The van der Waals surface area contributed by atoms with Crippen LogP contribution in [0, 0.1) is 0 Å². The van der Waals surface area contributed by atoms with Gasteiger partial charge in [0.1, 0.15) is 12.1 Å². The fraction of sp³-hybridized carbons (Fsp3) is 0.207. The molecule has 1 aliphatic heterocycles. The number of fused-ring (bicyclic) bond motifs is 1. The number of anilines is 1. The number of aromatic nitrogens is 5. The number of nitrogens with zero attached hydrogens (tertiary/aromatic N) is 7. The maximum absolute atomic E-state index is 13.8. The Hall–Kier alpha value is -4.79. The Kier molecular flexibility index (Phi) is 6.39. The molecule has 0 spiro atoms. The number of piperazine rings is 1. The standard InChI is InChI=1S/C29H27N7O2/c1-38-24-14-8-13-23(19-24)36-28-26(32-33-36)27(30-20-31-28)34-15-17-35(18-16-34)29(37)25(21-9-4-2-5-10-21)22-11-6-3-7-12-22/h2-14,19-20,25H,15-18H2,1H3. The maximum Gasteiger partial charge on any atom is 0.234 e. The molecule has 1 saturated heterocycles. The number of methoxy groups -OCH3 is 1. The van der Waals surface area contributed by atoms with Crippen molar-refractivity contribution in [2.75, 3.05) is 38.2 Å². The Balaban J connectivity index is 1.23. The van der Waals surface area contributed by atoms with E-state index in [1.807, 2.05) is 89.8 Å². The van der Waals surface area contributed by atoms with Gasteiger partial charge in [0.25, 0.3) is 0 Å². The van der Waals surface area contributed by atoms with E-state index in [9.17, 15) is 4.79 Å². The molecule has 0 N–H and O–H groups in total. The van der Waals surface area contributed by atoms with Crippen LogP contribution in [-0.4, -0.2) is 69.1 Å². The predicted octanol–water partition coefficient (Wildman–Crippen LogP) is 3.70. The summed E-state index contributed by atoms with van der Waals surface area (Å²) in [5.74, 6) is 1.22. The molecule has 9 heteroatoms. The summed E-state index contributed by atoms with van der Waals surface area (Å²) < 4.78 is 7.04. The van der Waals surface area contributed by atoms with Gasteiger partial charge in [-0.2, -0.15) is 4.68 Å². The van der Waals surface area contributed by atoms with E-state index in [0.29, 0.717) is 37.3 Å². The van der Waals surface area contributed by atoms with Gasteiger partial charge in [-0.1, -0.05) is 71.9 Å². The summed E-state index contributed by atoms with van der Waals surface area (Å²) in [4.78, 5) is 26.9. The lowest BCUT2D eigenvalue weighted by Crippen LogP contribution is -2.50. The number of amides is 1. The van der Waals surface area contributed by atoms with Gasteiger partial charge in [-0.3, -0.25) is 4.79 Å². The number of ether oxygens (including phenoxy) is 1. The van der Waals surface area contributed by atoms with Gasteiger partial charge in [-0.05, 0) is 23.3 Å². The largest absolute Gasteiger partial charge is 0.497 e. The fourth-order valence-corrected chi connectivity index (χ4v) is 4.97. The first kappa shape index (κ1) is 23.6.